The number of amides is 1. The largest absolute Gasteiger partial charge is 0.444 e. The molecule has 0 radical (unpaired) electrons. The van der Waals surface area contributed by atoms with Gasteiger partial charge < -0.3 is 19.8 Å². The maximum atomic E-state index is 12.1. The second-order valence-corrected chi connectivity index (χ2v) is 5.62. The second-order valence-electron chi connectivity index (χ2n) is 4.83. The molecular formula is C15H19BrN2O4. The molecule has 0 spiro atoms. The van der Waals surface area contributed by atoms with Crippen LogP contribution in [0.2, 0.25) is 0 Å². The predicted octanol–water partition coefficient (Wildman–Crippen LogP) is 1.83. The number of rotatable bonds is 5. The molecule has 0 fully saturated rings. The van der Waals surface area contributed by atoms with Gasteiger partial charge in [0.25, 0.3) is 0 Å². The molecule has 1 aromatic rings. The Labute approximate surface area is 137 Å². The standard InChI is InChI=1S/C15H19BrN2O4/c16-8-4-9-17-10-7-13(19)18(14(17)20)15(21)22-11-12-5-2-1-3-6-12/h1-3,5-7,10,13-14,19-20H,4,8-9,11H2. The maximum absolute atomic E-state index is 12.1. The van der Waals surface area contributed by atoms with Crippen molar-refractivity contribution in [3.8, 4) is 0 Å². The maximum Gasteiger partial charge on any atom is 0.415 e. The van der Waals surface area contributed by atoms with Gasteiger partial charge in [-0.25, -0.2) is 9.69 Å². The summed E-state index contributed by atoms with van der Waals surface area (Å²) in [4.78, 5) is 14.6. The molecular weight excluding hydrogens is 352 g/mol. The highest BCUT2D eigenvalue weighted by Crippen LogP contribution is 2.17. The number of aliphatic hydroxyl groups is 2. The number of carbonyl (C=O) groups excluding carboxylic acids is 1. The molecule has 1 heterocycles. The zero-order valence-corrected chi connectivity index (χ0v) is 13.6. The Morgan fingerprint density at radius 3 is 2.68 bits per heavy atom. The van der Waals surface area contributed by atoms with Crippen LogP contribution in [0.3, 0.4) is 0 Å². The molecule has 2 rings (SSSR count). The Morgan fingerprint density at radius 2 is 2.00 bits per heavy atom. The summed E-state index contributed by atoms with van der Waals surface area (Å²) in [6.07, 6.45) is 0.589. The van der Waals surface area contributed by atoms with E-state index in [-0.39, 0.29) is 6.61 Å². The van der Waals surface area contributed by atoms with Gasteiger partial charge in [-0.2, -0.15) is 0 Å². The topological polar surface area (TPSA) is 73.2 Å². The second kappa shape index (κ2) is 8.17. The average Bonchev–Trinajstić information content (AvgIpc) is 2.53. The molecule has 0 saturated heterocycles. The lowest BCUT2D eigenvalue weighted by Crippen LogP contribution is -2.56. The van der Waals surface area contributed by atoms with E-state index < -0.39 is 18.7 Å². The quantitative estimate of drug-likeness (QED) is 0.773. The van der Waals surface area contributed by atoms with E-state index in [2.05, 4.69) is 15.9 Å². The van der Waals surface area contributed by atoms with E-state index in [0.29, 0.717) is 6.54 Å². The van der Waals surface area contributed by atoms with Gasteiger partial charge in [0.15, 0.2) is 6.23 Å². The van der Waals surface area contributed by atoms with E-state index in [1.165, 1.54) is 6.08 Å². The van der Waals surface area contributed by atoms with Gasteiger partial charge in [0.1, 0.15) is 6.61 Å². The summed E-state index contributed by atoms with van der Waals surface area (Å²) < 4.78 is 5.16. The minimum absolute atomic E-state index is 0.0841. The third kappa shape index (κ3) is 4.22. The molecule has 1 amide bonds. The number of hydrogen-bond donors (Lipinski definition) is 2. The zero-order valence-electron chi connectivity index (χ0n) is 12.0. The highest BCUT2D eigenvalue weighted by atomic mass is 79.9. The van der Waals surface area contributed by atoms with Crippen LogP contribution >= 0.6 is 15.9 Å². The summed E-state index contributed by atoms with van der Waals surface area (Å²) in [6.45, 7) is 0.638. The Hall–Kier alpha value is -1.57. The number of carbonyl (C=O) groups is 1. The number of benzene rings is 1. The lowest BCUT2D eigenvalue weighted by atomic mass is 10.2. The van der Waals surface area contributed by atoms with Gasteiger partial charge in [0.2, 0.25) is 6.35 Å². The zero-order chi connectivity index (χ0) is 15.9. The summed E-state index contributed by atoms with van der Waals surface area (Å²) in [7, 11) is 0. The van der Waals surface area contributed by atoms with Crippen LogP contribution < -0.4 is 0 Å². The van der Waals surface area contributed by atoms with E-state index in [0.717, 1.165) is 22.2 Å². The Morgan fingerprint density at radius 1 is 1.27 bits per heavy atom. The first-order valence-corrected chi connectivity index (χ1v) is 8.11. The SMILES string of the molecule is O=C(OCc1ccccc1)N1C(O)C=CN(CCCBr)C1O. The number of hydrogen-bond acceptors (Lipinski definition) is 5. The number of alkyl halides is 1. The van der Waals surface area contributed by atoms with Gasteiger partial charge in [0, 0.05) is 18.1 Å². The van der Waals surface area contributed by atoms with Crippen molar-refractivity contribution in [3.05, 3.63) is 48.2 Å². The molecule has 0 saturated carbocycles. The van der Waals surface area contributed by atoms with Crippen molar-refractivity contribution >= 4 is 22.0 Å². The molecule has 2 N–H and O–H groups in total. The van der Waals surface area contributed by atoms with Crippen molar-refractivity contribution in [1.29, 1.82) is 0 Å². The smallest absolute Gasteiger partial charge is 0.415 e. The van der Waals surface area contributed by atoms with Crippen LogP contribution in [0, 0.1) is 0 Å². The van der Waals surface area contributed by atoms with E-state index in [4.69, 9.17) is 4.74 Å². The summed E-state index contributed by atoms with van der Waals surface area (Å²) in [6, 6.07) is 9.23. The summed E-state index contributed by atoms with van der Waals surface area (Å²) in [5.41, 5.74) is 0.837. The summed E-state index contributed by atoms with van der Waals surface area (Å²) in [5.74, 6) is 0. The molecule has 0 bridgehead atoms. The molecule has 22 heavy (non-hydrogen) atoms. The molecule has 7 heteroatoms. The van der Waals surface area contributed by atoms with Gasteiger partial charge in [-0.3, -0.25) is 0 Å². The van der Waals surface area contributed by atoms with Crippen molar-refractivity contribution in [2.45, 2.75) is 25.6 Å². The Balaban J connectivity index is 1.96. The Bertz CT molecular complexity index is 512. The molecule has 0 aliphatic carbocycles. The first kappa shape index (κ1) is 16.8. The van der Waals surface area contributed by atoms with Crippen molar-refractivity contribution in [2.24, 2.45) is 0 Å². The fourth-order valence-corrected chi connectivity index (χ4v) is 2.33. The first-order valence-electron chi connectivity index (χ1n) is 6.98. The van der Waals surface area contributed by atoms with Gasteiger partial charge in [-0.05, 0) is 18.1 Å². The third-order valence-electron chi connectivity index (χ3n) is 3.25. The number of aliphatic hydroxyl groups excluding tert-OH is 2. The highest BCUT2D eigenvalue weighted by Gasteiger charge is 2.34. The predicted molar refractivity (Wildman–Crippen MR) is 84.7 cm³/mol. The van der Waals surface area contributed by atoms with Crippen LogP contribution in [0.5, 0.6) is 0 Å². The highest BCUT2D eigenvalue weighted by molar-refractivity contribution is 9.09. The van der Waals surface area contributed by atoms with Crippen LogP contribution in [0.4, 0.5) is 4.79 Å². The Kier molecular flexibility index (Phi) is 6.23. The van der Waals surface area contributed by atoms with E-state index in [1.54, 1.807) is 11.1 Å². The van der Waals surface area contributed by atoms with Gasteiger partial charge in [0.05, 0.1) is 0 Å². The molecule has 0 aromatic heterocycles. The minimum Gasteiger partial charge on any atom is -0.444 e. The lowest BCUT2D eigenvalue weighted by Gasteiger charge is -2.39. The van der Waals surface area contributed by atoms with Crippen LogP contribution in [0.15, 0.2) is 42.6 Å². The normalized spacial score (nSPS) is 21.0. The minimum atomic E-state index is -1.25. The molecule has 1 aromatic carbocycles. The molecule has 120 valence electrons. The number of halogens is 1. The van der Waals surface area contributed by atoms with E-state index >= 15 is 0 Å². The molecule has 1 aliphatic heterocycles. The monoisotopic (exact) mass is 370 g/mol. The lowest BCUT2D eigenvalue weighted by molar-refractivity contribution is -0.140. The number of ether oxygens (including phenoxy) is 1. The fourth-order valence-electron chi connectivity index (χ4n) is 2.08. The summed E-state index contributed by atoms with van der Waals surface area (Å²) in [5, 5.41) is 20.9. The first-order chi connectivity index (χ1) is 10.6. The number of nitrogens with zero attached hydrogens (tertiary/aromatic N) is 2. The molecule has 2 atom stereocenters. The van der Waals surface area contributed by atoms with E-state index in [9.17, 15) is 15.0 Å². The van der Waals surface area contributed by atoms with Crippen LogP contribution in [-0.4, -0.2) is 50.6 Å². The van der Waals surface area contributed by atoms with E-state index in [1.807, 2.05) is 30.3 Å². The molecule has 6 nitrogen and oxygen atoms in total. The van der Waals surface area contributed by atoms with Crippen molar-refractivity contribution < 1.29 is 19.7 Å². The van der Waals surface area contributed by atoms with Gasteiger partial charge in [-0.15, -0.1) is 0 Å². The van der Waals surface area contributed by atoms with Crippen LogP contribution in [0.25, 0.3) is 0 Å². The van der Waals surface area contributed by atoms with Gasteiger partial charge in [-0.1, -0.05) is 46.3 Å². The average molecular weight is 371 g/mol. The van der Waals surface area contributed by atoms with Crippen LogP contribution in [-0.2, 0) is 11.3 Å². The third-order valence-corrected chi connectivity index (χ3v) is 3.81. The van der Waals surface area contributed by atoms with Crippen molar-refractivity contribution in [3.63, 3.8) is 0 Å². The van der Waals surface area contributed by atoms with Crippen LogP contribution in [0.1, 0.15) is 12.0 Å². The fraction of sp³-hybridized carbons (Fsp3) is 0.400. The van der Waals surface area contributed by atoms with Crippen molar-refractivity contribution in [2.75, 3.05) is 11.9 Å². The van der Waals surface area contributed by atoms with Gasteiger partial charge >= 0.3 is 6.09 Å². The summed E-state index contributed by atoms with van der Waals surface area (Å²) >= 11 is 3.32. The van der Waals surface area contributed by atoms with Crippen molar-refractivity contribution in [1.82, 2.24) is 9.80 Å². The molecule has 1 aliphatic rings. The molecule has 2 unspecified atom stereocenters.